The van der Waals surface area contributed by atoms with Gasteiger partial charge in [-0.25, -0.2) is 4.98 Å². The van der Waals surface area contributed by atoms with Gasteiger partial charge in [0.25, 0.3) is 5.88 Å². The van der Waals surface area contributed by atoms with Crippen LogP contribution in [0.3, 0.4) is 0 Å². The van der Waals surface area contributed by atoms with E-state index < -0.39 is 0 Å². The number of methoxy groups -OCH3 is 2. The van der Waals surface area contributed by atoms with Gasteiger partial charge in [-0.3, -0.25) is 0 Å². The molecule has 0 unspecified atom stereocenters. The fourth-order valence-electron chi connectivity index (χ4n) is 0.764. The lowest BCUT2D eigenvalue weighted by atomic mass is 10.4. The molecular formula is C7H9NO3S. The van der Waals surface area contributed by atoms with Gasteiger partial charge in [0, 0.05) is 19.0 Å². The molecule has 1 aromatic rings. The summed E-state index contributed by atoms with van der Waals surface area (Å²) in [5, 5.41) is 0. The number of hydrogen-bond acceptors (Lipinski definition) is 5. The van der Waals surface area contributed by atoms with Crippen molar-refractivity contribution in [3.63, 3.8) is 0 Å². The van der Waals surface area contributed by atoms with Crippen LogP contribution in [0.15, 0.2) is 12.3 Å². The molecule has 1 heterocycles. The largest absolute Gasteiger partial charge is 0.491 e. The van der Waals surface area contributed by atoms with Gasteiger partial charge < -0.3 is 13.7 Å². The molecule has 0 aliphatic rings. The molecule has 0 bridgehead atoms. The van der Waals surface area contributed by atoms with E-state index in [1.54, 1.807) is 6.07 Å². The summed E-state index contributed by atoms with van der Waals surface area (Å²) in [5.41, 5.74) is 0. The van der Waals surface area contributed by atoms with Gasteiger partial charge in [0.2, 0.25) is 0 Å². The van der Waals surface area contributed by atoms with Crippen molar-refractivity contribution in [2.75, 3.05) is 14.2 Å². The molecule has 0 saturated carbocycles. The number of pyridine rings is 1. The van der Waals surface area contributed by atoms with Crippen LogP contribution in [0.2, 0.25) is 0 Å². The highest BCUT2D eigenvalue weighted by Crippen LogP contribution is 2.28. The molecule has 0 atom stereocenters. The maximum Gasteiger partial charge on any atom is 0.256 e. The van der Waals surface area contributed by atoms with Crippen molar-refractivity contribution in [3.8, 4) is 17.4 Å². The van der Waals surface area contributed by atoms with Crippen molar-refractivity contribution in [1.29, 1.82) is 0 Å². The molecule has 0 aromatic carbocycles. The number of hydrogen-bond donors (Lipinski definition) is 1. The van der Waals surface area contributed by atoms with Crippen molar-refractivity contribution in [2.45, 2.75) is 0 Å². The highest BCUT2D eigenvalue weighted by atomic mass is 32.1. The van der Waals surface area contributed by atoms with Gasteiger partial charge in [0.05, 0.1) is 20.4 Å². The zero-order valence-corrected chi connectivity index (χ0v) is 7.67. The van der Waals surface area contributed by atoms with E-state index in [0.717, 1.165) is 0 Å². The highest BCUT2D eigenvalue weighted by Gasteiger charge is 2.05. The minimum absolute atomic E-state index is 0.423. The molecule has 0 aliphatic heterocycles. The number of thiol groups is 1. The summed E-state index contributed by atoms with van der Waals surface area (Å²) in [7, 11) is 3.05. The molecule has 0 radical (unpaired) electrons. The molecule has 4 nitrogen and oxygen atoms in total. The Morgan fingerprint density at radius 3 is 2.58 bits per heavy atom. The predicted octanol–water partition coefficient (Wildman–Crippen LogP) is 1.32. The van der Waals surface area contributed by atoms with Crippen LogP contribution >= 0.6 is 12.9 Å². The Balaban J connectivity index is 3.02. The second-order valence-corrected chi connectivity index (χ2v) is 2.16. The van der Waals surface area contributed by atoms with Crippen LogP contribution in [0.25, 0.3) is 0 Å². The van der Waals surface area contributed by atoms with E-state index in [1.807, 2.05) is 0 Å². The van der Waals surface area contributed by atoms with E-state index >= 15 is 0 Å². The fraction of sp³-hybridized carbons (Fsp3) is 0.286. The van der Waals surface area contributed by atoms with Crippen molar-refractivity contribution >= 4 is 12.9 Å². The summed E-state index contributed by atoms with van der Waals surface area (Å²) in [6, 6.07) is 1.64. The summed E-state index contributed by atoms with van der Waals surface area (Å²) >= 11 is 3.62. The molecule has 0 saturated heterocycles. The summed E-state index contributed by atoms with van der Waals surface area (Å²) in [5.74, 6) is 1.45. The van der Waals surface area contributed by atoms with E-state index in [0.29, 0.717) is 17.4 Å². The monoisotopic (exact) mass is 187 g/mol. The SMILES string of the molecule is COc1cc(OS)cnc1OC. The van der Waals surface area contributed by atoms with Crippen molar-refractivity contribution in [2.24, 2.45) is 0 Å². The molecule has 0 amide bonds. The zero-order chi connectivity index (χ0) is 8.97. The Kier molecular flexibility index (Phi) is 3.04. The topological polar surface area (TPSA) is 40.6 Å². The highest BCUT2D eigenvalue weighted by molar-refractivity contribution is 7.75. The fourth-order valence-corrected chi connectivity index (χ4v) is 0.863. The maximum atomic E-state index is 4.98. The summed E-state index contributed by atoms with van der Waals surface area (Å²) < 4.78 is 14.5. The molecule has 12 heavy (non-hydrogen) atoms. The van der Waals surface area contributed by atoms with Gasteiger partial charge >= 0.3 is 0 Å². The second-order valence-electron chi connectivity index (χ2n) is 1.97. The molecule has 1 rings (SSSR count). The standard InChI is InChI=1S/C7H9NO3S/c1-9-6-3-5(11-12)4-8-7(6)10-2/h3-4,12H,1-2H3. The number of aromatic nitrogens is 1. The van der Waals surface area contributed by atoms with Gasteiger partial charge in [-0.2, -0.15) is 0 Å². The molecule has 0 N–H and O–H groups in total. The van der Waals surface area contributed by atoms with Crippen LogP contribution in [0.1, 0.15) is 0 Å². The quantitative estimate of drug-likeness (QED) is 0.572. The van der Waals surface area contributed by atoms with Crippen LogP contribution in [0, 0.1) is 0 Å². The molecule has 0 aliphatic carbocycles. The van der Waals surface area contributed by atoms with Crippen LogP contribution in [-0.2, 0) is 0 Å². The predicted molar refractivity (Wildman–Crippen MR) is 47.0 cm³/mol. The van der Waals surface area contributed by atoms with Gasteiger partial charge in [0.1, 0.15) is 0 Å². The van der Waals surface area contributed by atoms with E-state index in [4.69, 9.17) is 9.47 Å². The first-order valence-corrected chi connectivity index (χ1v) is 3.57. The Morgan fingerprint density at radius 2 is 2.08 bits per heavy atom. The summed E-state index contributed by atoms with van der Waals surface area (Å²) in [6.07, 6.45) is 1.49. The zero-order valence-electron chi connectivity index (χ0n) is 6.77. The van der Waals surface area contributed by atoms with Crippen LogP contribution in [-0.4, -0.2) is 19.2 Å². The molecule has 0 spiro atoms. The molecular weight excluding hydrogens is 178 g/mol. The van der Waals surface area contributed by atoms with Gasteiger partial charge in [-0.15, -0.1) is 0 Å². The Morgan fingerprint density at radius 1 is 1.33 bits per heavy atom. The molecule has 0 fully saturated rings. The van der Waals surface area contributed by atoms with Gasteiger partial charge in [-0.05, 0) is 0 Å². The minimum Gasteiger partial charge on any atom is -0.491 e. The van der Waals surface area contributed by atoms with Crippen molar-refractivity contribution < 1.29 is 13.7 Å². The second kappa shape index (κ2) is 4.06. The number of nitrogens with zero attached hydrogens (tertiary/aromatic N) is 1. The molecule has 5 heteroatoms. The molecule has 1 aromatic heterocycles. The summed E-state index contributed by atoms with van der Waals surface area (Å²) in [4.78, 5) is 3.92. The Hall–Kier alpha value is -1.10. The number of ether oxygens (including phenoxy) is 2. The van der Waals surface area contributed by atoms with E-state index in [-0.39, 0.29) is 0 Å². The van der Waals surface area contributed by atoms with Crippen LogP contribution < -0.4 is 13.7 Å². The average molecular weight is 187 g/mol. The van der Waals surface area contributed by atoms with Crippen molar-refractivity contribution in [3.05, 3.63) is 12.3 Å². The lowest BCUT2D eigenvalue weighted by molar-refractivity contribution is 0.341. The lowest BCUT2D eigenvalue weighted by Crippen LogP contribution is -1.93. The maximum absolute atomic E-state index is 4.98. The van der Waals surface area contributed by atoms with Crippen LogP contribution in [0.4, 0.5) is 0 Å². The smallest absolute Gasteiger partial charge is 0.256 e. The van der Waals surface area contributed by atoms with E-state index in [9.17, 15) is 0 Å². The van der Waals surface area contributed by atoms with E-state index in [1.165, 1.54) is 20.4 Å². The first kappa shape index (κ1) is 8.99. The third kappa shape index (κ3) is 1.73. The van der Waals surface area contributed by atoms with Crippen molar-refractivity contribution in [1.82, 2.24) is 4.98 Å². The third-order valence-electron chi connectivity index (χ3n) is 1.31. The minimum atomic E-state index is 0.423. The number of rotatable bonds is 3. The Labute approximate surface area is 76.1 Å². The lowest BCUT2D eigenvalue weighted by Gasteiger charge is -2.06. The third-order valence-corrected chi connectivity index (χ3v) is 1.52. The normalized spacial score (nSPS) is 9.25. The Bertz CT molecular complexity index is 267. The van der Waals surface area contributed by atoms with Crippen LogP contribution in [0.5, 0.6) is 17.4 Å². The average Bonchev–Trinajstić information content (AvgIpc) is 2.16. The summed E-state index contributed by atoms with van der Waals surface area (Å²) in [6.45, 7) is 0. The van der Waals surface area contributed by atoms with Gasteiger partial charge in [-0.1, -0.05) is 0 Å². The molecule has 66 valence electrons. The first-order chi connectivity index (χ1) is 5.81. The van der Waals surface area contributed by atoms with E-state index in [2.05, 4.69) is 22.1 Å². The van der Waals surface area contributed by atoms with Gasteiger partial charge in [0.15, 0.2) is 11.5 Å². The first-order valence-electron chi connectivity index (χ1n) is 3.21.